The van der Waals surface area contributed by atoms with Crippen LogP contribution in [0.3, 0.4) is 0 Å². The van der Waals surface area contributed by atoms with Crippen molar-refractivity contribution in [3.8, 4) is 5.75 Å². The molecule has 0 radical (unpaired) electrons. The highest BCUT2D eigenvalue weighted by Gasteiger charge is 2.36. The minimum absolute atomic E-state index is 0.0686. The van der Waals surface area contributed by atoms with Crippen molar-refractivity contribution >= 4 is 89.7 Å². The second-order valence-corrected chi connectivity index (χ2v) is 21.8. The molecular weight excluding hydrogens is 1190 g/mol. The van der Waals surface area contributed by atoms with E-state index in [4.69, 9.17) is 22.3 Å². The molecule has 10 atom stereocenters. The Balaban J connectivity index is 2.39. The van der Waals surface area contributed by atoms with Crippen LogP contribution in [0, 0.1) is 5.92 Å². The number of nitrogens with two attached hydrogens (primary N) is 3. The van der Waals surface area contributed by atoms with Gasteiger partial charge in [-0.3, -0.25) is 57.5 Å². The molecule has 0 bridgehead atoms. The first-order chi connectivity index (χ1) is 42.1. The van der Waals surface area contributed by atoms with Crippen molar-refractivity contribution in [1.82, 2.24) is 47.9 Å². The largest absolute Gasteiger partial charge is 0.508 e. The van der Waals surface area contributed by atoms with Crippen LogP contribution in [-0.4, -0.2) is 194 Å². The fourth-order valence-electron chi connectivity index (χ4n) is 8.68. The molecule has 0 fully saturated rings. The lowest BCUT2D eigenvalue weighted by atomic mass is 10.0. The SMILES string of the molecule is CC(C)C[C@H](NC(=O)[C@H](CS)NC(=O)[C@H](CCC(=O)O)NC(=O)[C@H](CCCCN)NC(=O)[C@H](CO)NC(=O)[C@H](Cc1ccc(O)cc1)NC(=O)[C@@H](N)CCC(=O)O)C(=O)N[C@@H](CCCCN)C(=O)N[C@@H](CCC(=O)O)C(=O)N[C@@H](Cc1ccccc1)C(=O)O. The molecule has 32 heteroatoms. The number of aliphatic hydroxyl groups is 1. The van der Waals surface area contributed by atoms with Crippen molar-refractivity contribution in [2.45, 2.75) is 171 Å². The summed E-state index contributed by atoms with van der Waals surface area (Å²) in [5, 5.41) is 80.1. The fraction of sp³-hybridized carbons (Fsp3) is 0.561. The van der Waals surface area contributed by atoms with Gasteiger partial charge in [-0.1, -0.05) is 56.3 Å². The average Bonchev–Trinajstić information content (AvgIpc) is 3.57. The van der Waals surface area contributed by atoms with E-state index in [9.17, 15) is 87.9 Å². The highest BCUT2D eigenvalue weighted by Crippen LogP contribution is 2.15. The van der Waals surface area contributed by atoms with Gasteiger partial charge < -0.3 is 95.7 Å². The van der Waals surface area contributed by atoms with Crippen LogP contribution in [0.15, 0.2) is 54.6 Å². The lowest BCUT2D eigenvalue weighted by Gasteiger charge is -2.28. The summed E-state index contributed by atoms with van der Waals surface area (Å²) < 4.78 is 0. The maximum Gasteiger partial charge on any atom is 0.326 e. The van der Waals surface area contributed by atoms with Gasteiger partial charge in [0.2, 0.25) is 53.2 Å². The Labute approximate surface area is 519 Å². The van der Waals surface area contributed by atoms with E-state index in [0.717, 1.165) is 0 Å². The molecule has 89 heavy (non-hydrogen) atoms. The number of aliphatic carboxylic acids is 4. The fourth-order valence-corrected chi connectivity index (χ4v) is 8.94. The molecule has 0 saturated heterocycles. The number of unbranched alkanes of at least 4 members (excludes halogenated alkanes) is 2. The Kier molecular flexibility index (Phi) is 35.2. The van der Waals surface area contributed by atoms with Crippen LogP contribution < -0.4 is 65.1 Å². The van der Waals surface area contributed by atoms with Crippen LogP contribution in [0.2, 0.25) is 0 Å². The molecule has 0 saturated carbocycles. The lowest BCUT2D eigenvalue weighted by molar-refractivity contribution is -0.143. The van der Waals surface area contributed by atoms with Gasteiger partial charge in [0.25, 0.3) is 0 Å². The summed E-state index contributed by atoms with van der Waals surface area (Å²) in [6.07, 6.45) is -2.81. The first-order valence-corrected chi connectivity index (χ1v) is 29.6. The third-order valence-electron chi connectivity index (χ3n) is 13.6. The highest BCUT2D eigenvalue weighted by atomic mass is 32.1. The molecule has 2 aromatic carbocycles. The maximum atomic E-state index is 14.2. The number of aliphatic hydroxyl groups excluding tert-OH is 1. The number of amides is 9. The molecule has 0 aliphatic rings. The van der Waals surface area contributed by atoms with Crippen molar-refractivity contribution in [3.05, 3.63) is 65.7 Å². The molecular formula is C57H86N12O19S. The lowest BCUT2D eigenvalue weighted by Crippen LogP contribution is -2.61. The van der Waals surface area contributed by atoms with Crippen molar-refractivity contribution in [2.75, 3.05) is 25.4 Å². The van der Waals surface area contributed by atoms with Gasteiger partial charge in [-0.15, -0.1) is 0 Å². The number of rotatable bonds is 44. The molecule has 2 aromatic rings. The van der Waals surface area contributed by atoms with Gasteiger partial charge in [-0.2, -0.15) is 12.6 Å². The smallest absolute Gasteiger partial charge is 0.326 e. The molecule has 494 valence electrons. The first-order valence-electron chi connectivity index (χ1n) is 28.9. The molecule has 0 aliphatic heterocycles. The Hall–Kier alpha value is -8.46. The molecule has 0 heterocycles. The number of hydrogen-bond donors (Lipinski definition) is 19. The second-order valence-electron chi connectivity index (χ2n) is 21.4. The monoisotopic (exact) mass is 1270 g/mol. The van der Waals surface area contributed by atoms with Crippen molar-refractivity contribution in [2.24, 2.45) is 23.1 Å². The summed E-state index contributed by atoms with van der Waals surface area (Å²) >= 11 is 4.23. The quantitative estimate of drug-likeness (QED) is 0.0229. The Morgan fingerprint density at radius 3 is 1.20 bits per heavy atom. The number of carboxylic acid groups (broad SMARTS) is 4. The second kappa shape index (κ2) is 40.9. The number of nitrogens with one attached hydrogen (secondary N) is 9. The summed E-state index contributed by atoms with van der Waals surface area (Å²) in [5.74, 6) is -15.5. The predicted molar refractivity (Wildman–Crippen MR) is 322 cm³/mol. The minimum Gasteiger partial charge on any atom is -0.508 e. The molecule has 21 N–H and O–H groups in total. The average molecular weight is 1280 g/mol. The number of carbonyl (C=O) groups excluding carboxylic acids is 9. The number of aromatic hydroxyl groups is 1. The van der Waals surface area contributed by atoms with Crippen molar-refractivity contribution in [1.29, 1.82) is 0 Å². The standard InChI is InChI=1S/C57H86N12O19S/c1-31(2)26-40(53(83)61-36(12-6-8-24-58)49(79)63-38(19-22-46(74)75)51(81)67-42(57(87)88)28-32-10-4-3-5-11-32)66-56(86)44(30-89)69-52(82)39(20-23-47(76)77)64-50(80)37(13-7-9-25-59)62-55(85)43(29-70)68-54(84)41(27-33-14-16-34(71)17-15-33)65-48(78)35(60)18-21-45(72)73/h3-5,10-11,14-17,31,35-44,70-71,89H,6-9,12-13,18-30,58-60H2,1-2H3,(H,61,83)(H,62,85)(H,63,79)(H,64,80)(H,65,78)(H,66,86)(H,67,81)(H,68,84)(H,69,82)(H,72,73)(H,74,75)(H,76,77)(H,87,88)/t35-,36-,37-,38-,39-,40-,41-,42-,43-,44-/m0/s1. The third kappa shape index (κ3) is 29.9. The summed E-state index contributed by atoms with van der Waals surface area (Å²) in [4.78, 5) is 171. The summed E-state index contributed by atoms with van der Waals surface area (Å²) in [6.45, 7) is 2.66. The molecule has 0 unspecified atom stereocenters. The molecule has 0 spiro atoms. The van der Waals surface area contributed by atoms with E-state index in [0.29, 0.717) is 24.0 Å². The van der Waals surface area contributed by atoms with Crippen LogP contribution in [0.5, 0.6) is 5.75 Å². The van der Waals surface area contributed by atoms with E-state index >= 15 is 0 Å². The summed E-state index contributed by atoms with van der Waals surface area (Å²) in [6, 6.07) is -1.76. The molecule has 9 amide bonds. The van der Waals surface area contributed by atoms with E-state index in [-0.39, 0.29) is 76.1 Å². The molecule has 31 nitrogen and oxygen atoms in total. The van der Waals surface area contributed by atoms with Crippen molar-refractivity contribution < 1.29 is 93.0 Å². The Morgan fingerprint density at radius 2 is 0.775 bits per heavy atom. The number of phenols is 1. The zero-order chi connectivity index (χ0) is 66.8. The Morgan fingerprint density at radius 1 is 0.427 bits per heavy atom. The predicted octanol–water partition coefficient (Wildman–Crippen LogP) is -3.23. The third-order valence-corrected chi connectivity index (χ3v) is 14.0. The van der Waals surface area contributed by atoms with Gasteiger partial charge in [-0.25, -0.2) is 4.79 Å². The van der Waals surface area contributed by atoms with E-state index in [1.54, 1.807) is 44.2 Å². The van der Waals surface area contributed by atoms with E-state index in [1.165, 1.54) is 24.3 Å². The highest BCUT2D eigenvalue weighted by molar-refractivity contribution is 7.80. The molecule has 0 aromatic heterocycles. The van der Waals surface area contributed by atoms with Gasteiger partial charge in [0.1, 0.15) is 60.1 Å². The number of thiol groups is 1. The van der Waals surface area contributed by atoms with Gasteiger partial charge in [-0.05, 0) is 106 Å². The zero-order valence-electron chi connectivity index (χ0n) is 49.7. The van der Waals surface area contributed by atoms with Gasteiger partial charge >= 0.3 is 23.9 Å². The number of phenolic OH excluding ortho intramolecular Hbond substituents is 1. The molecule has 2 rings (SSSR count). The number of hydrogen-bond acceptors (Lipinski definition) is 19. The maximum absolute atomic E-state index is 14.2. The van der Waals surface area contributed by atoms with Crippen LogP contribution in [0.1, 0.15) is 108 Å². The summed E-state index contributed by atoms with van der Waals surface area (Å²) in [7, 11) is 0. The van der Waals surface area contributed by atoms with Gasteiger partial charge in [0, 0.05) is 37.9 Å². The number of benzene rings is 2. The van der Waals surface area contributed by atoms with Crippen LogP contribution in [-0.2, 0) is 75.2 Å². The van der Waals surface area contributed by atoms with Crippen LogP contribution >= 0.6 is 12.6 Å². The van der Waals surface area contributed by atoms with Gasteiger partial charge in [0.05, 0.1) is 12.6 Å². The van der Waals surface area contributed by atoms with Gasteiger partial charge in [0.15, 0.2) is 0 Å². The summed E-state index contributed by atoms with van der Waals surface area (Å²) in [5.41, 5.74) is 18.2. The van der Waals surface area contributed by atoms with E-state index < -0.39 is 182 Å². The number of carboxylic acids is 4. The van der Waals surface area contributed by atoms with E-state index in [2.05, 4.69) is 60.5 Å². The normalized spacial score (nSPS) is 14.4. The van der Waals surface area contributed by atoms with Crippen LogP contribution in [0.4, 0.5) is 0 Å². The molecule has 0 aliphatic carbocycles. The Bertz CT molecular complexity index is 2690. The first kappa shape index (κ1) is 76.6. The van der Waals surface area contributed by atoms with Crippen LogP contribution in [0.25, 0.3) is 0 Å². The number of carbonyl (C=O) groups is 13. The topological polar surface area (TPSA) is 530 Å². The van der Waals surface area contributed by atoms with E-state index in [1.807, 2.05) is 0 Å². The minimum atomic E-state index is -1.80. The zero-order valence-corrected chi connectivity index (χ0v) is 50.5. The van der Waals surface area contributed by atoms with Crippen molar-refractivity contribution in [3.63, 3.8) is 0 Å².